The van der Waals surface area contributed by atoms with Gasteiger partial charge in [0, 0.05) is 23.6 Å². The molecule has 1 unspecified atom stereocenters. The third-order valence-electron chi connectivity index (χ3n) is 7.95. The van der Waals surface area contributed by atoms with E-state index >= 15 is 0 Å². The van der Waals surface area contributed by atoms with Gasteiger partial charge in [-0.05, 0) is 84.4 Å². The van der Waals surface area contributed by atoms with Gasteiger partial charge >= 0.3 is 5.97 Å². The van der Waals surface area contributed by atoms with E-state index in [1.807, 2.05) is 44.4 Å². The number of aryl methyl sites for hydroxylation is 1. The van der Waals surface area contributed by atoms with Crippen LogP contribution < -0.4 is 5.32 Å². The van der Waals surface area contributed by atoms with Crippen molar-refractivity contribution in [2.24, 2.45) is 5.92 Å². The third kappa shape index (κ3) is 6.27. The third-order valence-corrected chi connectivity index (χ3v) is 7.95. The number of rotatable bonds is 10. The lowest BCUT2D eigenvalue weighted by Crippen LogP contribution is -2.27. The molecule has 5 heteroatoms. The van der Waals surface area contributed by atoms with Gasteiger partial charge in [-0.25, -0.2) is 0 Å². The summed E-state index contributed by atoms with van der Waals surface area (Å²) in [6.07, 6.45) is 9.97. The van der Waals surface area contributed by atoms with Crippen molar-refractivity contribution in [2.75, 3.05) is 5.32 Å². The number of hydrogen-bond acceptors (Lipinski definition) is 3. The van der Waals surface area contributed by atoms with E-state index in [4.69, 9.17) is 0 Å². The first-order valence-corrected chi connectivity index (χ1v) is 13.6. The van der Waals surface area contributed by atoms with E-state index in [-0.39, 0.29) is 24.2 Å². The lowest BCUT2D eigenvalue weighted by Gasteiger charge is -2.25. The Kier molecular flexibility index (Phi) is 8.75. The molecule has 0 aliphatic heterocycles. The number of nitrogens with one attached hydrogen (secondary N) is 1. The standard InChI is InChI=1S/C32H38N2O3/c1-4-22-17-27(20-33-19-22)24-13-15-26(16-14-24)31(25-9-6-7-10-25)32(37)34-29-12-8-11-28(21(29)3)23(5-2)18-30(35)36/h8,11-17,19-20,23,25,31H,4-7,9-10,18H2,1-3H3,(H,34,37)(H,35,36)/t23-,31?/m0/s1. The second kappa shape index (κ2) is 12.2. The molecule has 2 N–H and O–H groups in total. The molecule has 0 radical (unpaired) electrons. The zero-order valence-corrected chi connectivity index (χ0v) is 22.2. The second-order valence-electron chi connectivity index (χ2n) is 10.3. The molecule has 194 valence electrons. The average molecular weight is 499 g/mol. The SMILES string of the molecule is CCc1cncc(-c2ccc(C(C(=O)Nc3cccc([C@@H](CC)CC(=O)O)c3C)C3CCCC3)cc2)c1. The molecular formula is C32H38N2O3. The number of carbonyl (C=O) groups is 2. The van der Waals surface area contributed by atoms with Gasteiger partial charge in [0.1, 0.15) is 0 Å². The maximum absolute atomic E-state index is 13.8. The van der Waals surface area contributed by atoms with Crippen molar-refractivity contribution in [1.82, 2.24) is 4.98 Å². The summed E-state index contributed by atoms with van der Waals surface area (Å²) >= 11 is 0. The predicted octanol–water partition coefficient (Wildman–Crippen LogP) is 7.50. The molecule has 1 amide bonds. The zero-order valence-electron chi connectivity index (χ0n) is 22.2. The number of aromatic nitrogens is 1. The molecule has 5 nitrogen and oxygen atoms in total. The Bertz CT molecular complexity index is 1230. The van der Waals surface area contributed by atoms with Crippen LogP contribution in [0.5, 0.6) is 0 Å². The quantitative estimate of drug-likeness (QED) is 0.303. The highest BCUT2D eigenvalue weighted by molar-refractivity contribution is 5.97. The van der Waals surface area contributed by atoms with Gasteiger partial charge in [-0.1, -0.05) is 63.1 Å². The maximum atomic E-state index is 13.8. The summed E-state index contributed by atoms with van der Waals surface area (Å²) in [5.74, 6) is -0.771. The highest BCUT2D eigenvalue weighted by atomic mass is 16.4. The van der Waals surface area contributed by atoms with Crippen LogP contribution in [0, 0.1) is 12.8 Å². The van der Waals surface area contributed by atoms with Gasteiger partial charge in [0.15, 0.2) is 0 Å². The van der Waals surface area contributed by atoms with E-state index in [0.717, 1.165) is 72.0 Å². The van der Waals surface area contributed by atoms with Crippen molar-refractivity contribution < 1.29 is 14.7 Å². The van der Waals surface area contributed by atoms with Crippen LogP contribution in [0.3, 0.4) is 0 Å². The van der Waals surface area contributed by atoms with Crippen LogP contribution in [0.2, 0.25) is 0 Å². The van der Waals surface area contributed by atoms with E-state index in [1.165, 1.54) is 5.56 Å². The molecule has 37 heavy (non-hydrogen) atoms. The normalized spacial score (nSPS) is 15.3. The van der Waals surface area contributed by atoms with Gasteiger partial charge in [-0.2, -0.15) is 0 Å². The Morgan fingerprint density at radius 2 is 1.76 bits per heavy atom. The fourth-order valence-corrected chi connectivity index (χ4v) is 5.78. The molecule has 2 atom stereocenters. The van der Waals surface area contributed by atoms with E-state index < -0.39 is 5.97 Å². The molecule has 4 rings (SSSR count). The Hall–Kier alpha value is -3.47. The molecule has 1 saturated carbocycles. The van der Waals surface area contributed by atoms with Crippen LogP contribution >= 0.6 is 0 Å². The first kappa shape index (κ1) is 26.6. The van der Waals surface area contributed by atoms with E-state index in [1.54, 1.807) is 0 Å². The number of anilines is 1. The van der Waals surface area contributed by atoms with E-state index in [0.29, 0.717) is 5.92 Å². The highest BCUT2D eigenvalue weighted by Crippen LogP contribution is 2.39. The van der Waals surface area contributed by atoms with Gasteiger partial charge in [0.2, 0.25) is 5.91 Å². The van der Waals surface area contributed by atoms with Gasteiger partial charge in [0.25, 0.3) is 0 Å². The van der Waals surface area contributed by atoms with Gasteiger partial charge in [-0.3, -0.25) is 14.6 Å². The second-order valence-corrected chi connectivity index (χ2v) is 10.3. The number of benzene rings is 2. The van der Waals surface area contributed by atoms with Crippen LogP contribution in [0.25, 0.3) is 11.1 Å². The van der Waals surface area contributed by atoms with Crippen molar-refractivity contribution in [3.8, 4) is 11.1 Å². The Balaban J connectivity index is 1.60. The summed E-state index contributed by atoms with van der Waals surface area (Å²) in [7, 11) is 0. The monoisotopic (exact) mass is 498 g/mol. The number of nitrogens with zero attached hydrogens (tertiary/aromatic N) is 1. The van der Waals surface area contributed by atoms with Gasteiger partial charge in [0.05, 0.1) is 12.3 Å². The number of carboxylic acid groups (broad SMARTS) is 1. The molecule has 0 spiro atoms. The summed E-state index contributed by atoms with van der Waals surface area (Å²) in [5.41, 5.74) is 7.15. The Morgan fingerprint density at radius 3 is 2.41 bits per heavy atom. The smallest absolute Gasteiger partial charge is 0.303 e. The topological polar surface area (TPSA) is 79.3 Å². The minimum absolute atomic E-state index is 0.0147. The van der Waals surface area contributed by atoms with Crippen LogP contribution in [-0.2, 0) is 16.0 Å². The molecule has 3 aromatic rings. The van der Waals surface area contributed by atoms with E-state index in [9.17, 15) is 14.7 Å². The number of carbonyl (C=O) groups excluding carboxylic acids is 1. The summed E-state index contributed by atoms with van der Waals surface area (Å²) < 4.78 is 0. The molecule has 0 saturated heterocycles. The van der Waals surface area contributed by atoms with Crippen molar-refractivity contribution >= 4 is 17.6 Å². The largest absolute Gasteiger partial charge is 0.481 e. The van der Waals surface area contributed by atoms with Crippen LogP contribution in [0.15, 0.2) is 60.9 Å². The number of hydrogen-bond donors (Lipinski definition) is 2. The average Bonchev–Trinajstić information content (AvgIpc) is 3.43. The summed E-state index contributed by atoms with van der Waals surface area (Å²) in [6, 6.07) is 16.4. The fraction of sp³-hybridized carbons (Fsp3) is 0.406. The molecular weight excluding hydrogens is 460 g/mol. The summed E-state index contributed by atoms with van der Waals surface area (Å²) in [6.45, 7) is 6.11. The molecule has 1 fully saturated rings. The molecule has 1 aliphatic carbocycles. The van der Waals surface area contributed by atoms with Crippen LogP contribution in [-0.4, -0.2) is 22.0 Å². The fourth-order valence-electron chi connectivity index (χ4n) is 5.78. The molecule has 1 heterocycles. The number of pyridine rings is 1. The van der Waals surface area contributed by atoms with Crippen molar-refractivity contribution in [3.63, 3.8) is 0 Å². The van der Waals surface area contributed by atoms with Crippen LogP contribution in [0.1, 0.15) is 86.5 Å². The summed E-state index contributed by atoms with van der Waals surface area (Å²) in [4.78, 5) is 29.6. The van der Waals surface area contributed by atoms with Crippen LogP contribution in [0.4, 0.5) is 5.69 Å². The first-order valence-electron chi connectivity index (χ1n) is 13.6. The zero-order chi connectivity index (χ0) is 26.4. The summed E-state index contributed by atoms with van der Waals surface area (Å²) in [5, 5.41) is 12.6. The lowest BCUT2D eigenvalue weighted by atomic mass is 9.83. The van der Waals surface area contributed by atoms with Gasteiger partial charge in [-0.15, -0.1) is 0 Å². The maximum Gasteiger partial charge on any atom is 0.303 e. The van der Waals surface area contributed by atoms with Crippen molar-refractivity contribution in [1.29, 1.82) is 0 Å². The Labute approximate surface area is 220 Å². The molecule has 0 bridgehead atoms. The minimum atomic E-state index is -0.803. The Morgan fingerprint density at radius 1 is 1.03 bits per heavy atom. The van der Waals surface area contributed by atoms with E-state index in [2.05, 4.69) is 47.6 Å². The van der Waals surface area contributed by atoms with Crippen molar-refractivity contribution in [2.45, 2.75) is 77.6 Å². The first-order chi connectivity index (χ1) is 17.9. The molecule has 1 aromatic heterocycles. The molecule has 1 aliphatic rings. The highest BCUT2D eigenvalue weighted by Gasteiger charge is 2.32. The number of carboxylic acids is 1. The molecule has 2 aromatic carbocycles. The lowest BCUT2D eigenvalue weighted by molar-refractivity contribution is -0.137. The van der Waals surface area contributed by atoms with Crippen molar-refractivity contribution in [3.05, 3.63) is 83.2 Å². The van der Waals surface area contributed by atoms with Gasteiger partial charge < -0.3 is 10.4 Å². The number of aliphatic carboxylic acids is 1. The minimum Gasteiger partial charge on any atom is -0.481 e. The number of amides is 1. The predicted molar refractivity (Wildman–Crippen MR) is 149 cm³/mol.